The highest BCUT2D eigenvalue weighted by atomic mass is 19.1. The van der Waals surface area contributed by atoms with Gasteiger partial charge in [0.2, 0.25) is 0 Å². The lowest BCUT2D eigenvalue weighted by Crippen LogP contribution is -2.50. The first-order chi connectivity index (χ1) is 9.76. The second-order valence-corrected chi connectivity index (χ2v) is 7.05. The highest BCUT2D eigenvalue weighted by molar-refractivity contribution is 5.20. The van der Waals surface area contributed by atoms with Crippen molar-refractivity contribution in [3.05, 3.63) is 29.8 Å². The van der Waals surface area contributed by atoms with Gasteiger partial charge in [0.25, 0.3) is 0 Å². The molecule has 0 radical (unpaired) electrons. The molecule has 1 atom stereocenters. The summed E-state index contributed by atoms with van der Waals surface area (Å²) in [6.07, 6.45) is 9.69. The summed E-state index contributed by atoms with van der Waals surface area (Å²) >= 11 is 0. The van der Waals surface area contributed by atoms with Crippen molar-refractivity contribution in [1.82, 2.24) is 10.4 Å². The predicted molar refractivity (Wildman–Crippen MR) is 74.8 cm³/mol. The minimum absolute atomic E-state index is 0.0620. The number of pyridine rings is 1. The molecule has 4 heteroatoms. The van der Waals surface area contributed by atoms with E-state index in [9.17, 15) is 4.39 Å². The van der Waals surface area contributed by atoms with E-state index >= 15 is 0 Å². The van der Waals surface area contributed by atoms with Crippen molar-refractivity contribution in [3.8, 4) is 0 Å². The number of nitrogens with one attached hydrogen (secondary N) is 1. The number of hydrogen-bond donors (Lipinski definition) is 2. The van der Waals surface area contributed by atoms with E-state index < -0.39 is 0 Å². The van der Waals surface area contributed by atoms with Gasteiger partial charge in [0, 0.05) is 11.8 Å². The fourth-order valence-electron chi connectivity index (χ4n) is 5.56. The van der Waals surface area contributed by atoms with E-state index in [0.29, 0.717) is 11.5 Å². The minimum atomic E-state index is -0.232. The van der Waals surface area contributed by atoms with Crippen LogP contribution in [0.3, 0.4) is 0 Å². The lowest BCUT2D eigenvalue weighted by atomic mass is 9.50. The molecule has 0 aliphatic heterocycles. The van der Waals surface area contributed by atoms with Crippen LogP contribution in [0, 0.1) is 35.4 Å². The van der Waals surface area contributed by atoms with E-state index in [2.05, 4.69) is 10.4 Å². The van der Waals surface area contributed by atoms with Crippen LogP contribution in [-0.2, 0) is 0 Å². The van der Waals surface area contributed by atoms with Crippen LogP contribution >= 0.6 is 0 Å². The van der Waals surface area contributed by atoms with E-state index in [-0.39, 0.29) is 11.9 Å². The fraction of sp³-hybridized carbons (Fsp3) is 0.688. The smallest absolute Gasteiger partial charge is 0.146 e. The van der Waals surface area contributed by atoms with Crippen molar-refractivity contribution >= 4 is 0 Å². The summed E-state index contributed by atoms with van der Waals surface area (Å²) in [5.74, 6) is 9.37. The van der Waals surface area contributed by atoms with Crippen LogP contribution in [0.5, 0.6) is 0 Å². The van der Waals surface area contributed by atoms with Gasteiger partial charge in [-0.15, -0.1) is 0 Å². The average Bonchev–Trinajstić information content (AvgIpc) is 2.43. The van der Waals surface area contributed by atoms with Crippen LogP contribution in [0.15, 0.2) is 18.5 Å². The fourth-order valence-corrected chi connectivity index (χ4v) is 5.56. The second kappa shape index (κ2) is 4.78. The van der Waals surface area contributed by atoms with Gasteiger partial charge in [0.1, 0.15) is 5.82 Å². The number of nitrogens with zero attached hydrogens (tertiary/aromatic N) is 1. The first-order valence-corrected chi connectivity index (χ1v) is 7.81. The standard InChI is InChI=1S/C16H22FN3/c17-14-8-19-2-1-13(14)16(20-18)15-11-4-9-3-10(6-11)7-12(15)5-9/h1-2,8-12,15-16,20H,3-7,18H2. The highest BCUT2D eigenvalue weighted by Gasteiger charge is 2.50. The SMILES string of the molecule is NNC(c1ccncc1F)C1C2CC3CC(C2)CC1C3. The quantitative estimate of drug-likeness (QED) is 0.659. The molecular formula is C16H22FN3. The Hall–Kier alpha value is -1.00. The summed E-state index contributed by atoms with van der Waals surface area (Å²) < 4.78 is 14.1. The van der Waals surface area contributed by atoms with Crippen molar-refractivity contribution in [3.63, 3.8) is 0 Å². The lowest BCUT2D eigenvalue weighted by Gasteiger charge is -2.56. The highest BCUT2D eigenvalue weighted by Crippen LogP contribution is 2.59. The zero-order valence-corrected chi connectivity index (χ0v) is 11.6. The minimum Gasteiger partial charge on any atom is -0.271 e. The molecule has 1 aromatic heterocycles. The van der Waals surface area contributed by atoms with Crippen molar-refractivity contribution in [1.29, 1.82) is 0 Å². The number of halogens is 1. The first kappa shape index (κ1) is 12.7. The Bertz CT molecular complexity index is 476. The predicted octanol–water partition coefficient (Wildman–Crippen LogP) is 2.80. The van der Waals surface area contributed by atoms with E-state index in [0.717, 1.165) is 23.7 Å². The molecule has 0 aromatic carbocycles. The van der Waals surface area contributed by atoms with Gasteiger partial charge in [0.05, 0.1) is 12.2 Å². The monoisotopic (exact) mass is 275 g/mol. The summed E-state index contributed by atoms with van der Waals surface area (Å²) in [5, 5.41) is 0. The van der Waals surface area contributed by atoms with Gasteiger partial charge >= 0.3 is 0 Å². The van der Waals surface area contributed by atoms with E-state index in [4.69, 9.17) is 5.84 Å². The average molecular weight is 275 g/mol. The molecule has 5 rings (SSSR count). The van der Waals surface area contributed by atoms with Crippen LogP contribution in [0.25, 0.3) is 0 Å². The normalized spacial score (nSPS) is 40.0. The van der Waals surface area contributed by atoms with Crippen LogP contribution in [-0.4, -0.2) is 4.98 Å². The molecular weight excluding hydrogens is 253 g/mol. The summed E-state index contributed by atoms with van der Waals surface area (Å²) in [5.41, 5.74) is 3.61. The zero-order valence-electron chi connectivity index (χ0n) is 11.6. The topological polar surface area (TPSA) is 50.9 Å². The Kier molecular flexibility index (Phi) is 3.04. The summed E-state index contributed by atoms with van der Waals surface area (Å²) in [7, 11) is 0. The van der Waals surface area contributed by atoms with Gasteiger partial charge in [-0.05, 0) is 67.8 Å². The van der Waals surface area contributed by atoms with E-state index in [1.807, 2.05) is 0 Å². The van der Waals surface area contributed by atoms with Crippen LogP contribution in [0.2, 0.25) is 0 Å². The summed E-state index contributed by atoms with van der Waals surface area (Å²) in [6, 6.07) is 1.72. The number of aromatic nitrogens is 1. The molecule has 4 aliphatic rings. The third-order valence-corrected chi connectivity index (χ3v) is 6.00. The van der Waals surface area contributed by atoms with Gasteiger partial charge in [-0.25, -0.2) is 4.39 Å². The Morgan fingerprint density at radius 3 is 2.35 bits per heavy atom. The lowest BCUT2D eigenvalue weighted by molar-refractivity contribution is -0.0530. The molecule has 4 bridgehead atoms. The van der Waals surface area contributed by atoms with Gasteiger partial charge in [-0.3, -0.25) is 16.3 Å². The van der Waals surface area contributed by atoms with E-state index in [1.54, 1.807) is 12.3 Å². The molecule has 0 amide bonds. The summed E-state index contributed by atoms with van der Waals surface area (Å²) in [4.78, 5) is 3.85. The van der Waals surface area contributed by atoms with Crippen molar-refractivity contribution < 1.29 is 4.39 Å². The van der Waals surface area contributed by atoms with Crippen molar-refractivity contribution in [2.45, 2.75) is 38.1 Å². The Balaban J connectivity index is 1.67. The largest absolute Gasteiger partial charge is 0.271 e. The van der Waals surface area contributed by atoms with Crippen LogP contribution in [0.1, 0.15) is 43.7 Å². The van der Waals surface area contributed by atoms with Crippen LogP contribution in [0.4, 0.5) is 4.39 Å². The Morgan fingerprint density at radius 1 is 1.15 bits per heavy atom. The Labute approximate surface area is 119 Å². The third-order valence-electron chi connectivity index (χ3n) is 6.00. The maximum Gasteiger partial charge on any atom is 0.146 e. The number of rotatable bonds is 3. The molecule has 1 aromatic rings. The number of nitrogens with two attached hydrogens (primary N) is 1. The molecule has 0 spiro atoms. The molecule has 1 unspecified atom stereocenters. The molecule has 4 saturated carbocycles. The van der Waals surface area contributed by atoms with Gasteiger partial charge in [-0.2, -0.15) is 0 Å². The maximum absolute atomic E-state index is 14.1. The third kappa shape index (κ3) is 1.89. The Morgan fingerprint density at radius 2 is 1.80 bits per heavy atom. The number of hydrogen-bond acceptors (Lipinski definition) is 3. The molecule has 20 heavy (non-hydrogen) atoms. The molecule has 3 nitrogen and oxygen atoms in total. The first-order valence-electron chi connectivity index (χ1n) is 7.81. The number of hydrazine groups is 1. The van der Waals surface area contributed by atoms with Crippen molar-refractivity contribution in [2.24, 2.45) is 35.4 Å². The molecule has 4 fully saturated rings. The van der Waals surface area contributed by atoms with E-state index in [1.165, 1.54) is 38.3 Å². The van der Waals surface area contributed by atoms with Gasteiger partial charge < -0.3 is 0 Å². The summed E-state index contributed by atoms with van der Waals surface area (Å²) in [6.45, 7) is 0. The zero-order chi connectivity index (χ0) is 13.7. The van der Waals surface area contributed by atoms with Gasteiger partial charge in [0.15, 0.2) is 0 Å². The molecule has 0 saturated heterocycles. The van der Waals surface area contributed by atoms with Crippen molar-refractivity contribution in [2.75, 3.05) is 0 Å². The van der Waals surface area contributed by atoms with Crippen LogP contribution < -0.4 is 11.3 Å². The molecule has 4 aliphatic carbocycles. The van der Waals surface area contributed by atoms with Gasteiger partial charge in [-0.1, -0.05) is 0 Å². The molecule has 1 heterocycles. The maximum atomic E-state index is 14.1. The molecule has 108 valence electrons. The second-order valence-electron chi connectivity index (χ2n) is 7.05. The molecule has 3 N–H and O–H groups in total.